The smallest absolute Gasteiger partial charge is 0.309 e. The fourth-order valence-corrected chi connectivity index (χ4v) is 3.07. The van der Waals surface area contributed by atoms with Gasteiger partial charge in [-0.2, -0.15) is 14.6 Å². The van der Waals surface area contributed by atoms with Crippen molar-refractivity contribution in [3.63, 3.8) is 0 Å². The predicted molar refractivity (Wildman–Crippen MR) is 75.7 cm³/mol. The summed E-state index contributed by atoms with van der Waals surface area (Å²) in [5.41, 5.74) is 7.88. The number of nitrogens with two attached hydrogens (primary N) is 1. The van der Waals surface area contributed by atoms with Gasteiger partial charge in [-0.05, 0) is 18.2 Å². The van der Waals surface area contributed by atoms with Crippen molar-refractivity contribution in [2.75, 3.05) is 5.73 Å². The highest BCUT2D eigenvalue weighted by molar-refractivity contribution is 7.17. The maximum Gasteiger partial charge on any atom is 0.309 e. The second-order valence-corrected chi connectivity index (χ2v) is 5.32. The van der Waals surface area contributed by atoms with E-state index in [0.717, 1.165) is 21.6 Å². The molecular formula is C12H9N5O2S. The molecule has 0 unspecified atom stereocenters. The second kappa shape index (κ2) is 3.70. The van der Waals surface area contributed by atoms with Crippen LogP contribution < -0.4 is 10.6 Å². The second-order valence-electron chi connectivity index (χ2n) is 4.35. The molecular weight excluding hydrogens is 278 g/mol. The Hall–Kier alpha value is -2.61. The third-order valence-corrected chi connectivity index (χ3v) is 4.18. The van der Waals surface area contributed by atoms with Crippen molar-refractivity contribution in [3.8, 4) is 11.5 Å². The molecule has 100 valence electrons. The lowest BCUT2D eigenvalue weighted by molar-refractivity contribution is 0.579. The van der Waals surface area contributed by atoms with Crippen LogP contribution in [0.1, 0.15) is 0 Å². The van der Waals surface area contributed by atoms with Gasteiger partial charge >= 0.3 is 4.87 Å². The van der Waals surface area contributed by atoms with Gasteiger partial charge in [0.1, 0.15) is 10.4 Å². The van der Waals surface area contributed by atoms with Crippen LogP contribution in [0.5, 0.6) is 0 Å². The molecule has 20 heavy (non-hydrogen) atoms. The van der Waals surface area contributed by atoms with E-state index in [1.165, 1.54) is 9.08 Å². The van der Waals surface area contributed by atoms with Crippen LogP contribution in [0.4, 0.5) is 5.95 Å². The molecule has 7 nitrogen and oxygen atoms in total. The van der Waals surface area contributed by atoms with Crippen molar-refractivity contribution in [1.29, 1.82) is 0 Å². The Balaban J connectivity index is 2.16. The average Bonchev–Trinajstić information content (AvgIpc) is 3.11. The van der Waals surface area contributed by atoms with Crippen LogP contribution in [0, 0.1) is 0 Å². The summed E-state index contributed by atoms with van der Waals surface area (Å²) in [6.45, 7) is 0. The zero-order chi connectivity index (χ0) is 13.9. The molecule has 0 atom stereocenters. The lowest BCUT2D eigenvalue weighted by Crippen LogP contribution is -2.09. The first-order chi connectivity index (χ1) is 9.65. The third-order valence-electron chi connectivity index (χ3n) is 3.14. The number of hydrogen-bond donors (Lipinski definition) is 1. The van der Waals surface area contributed by atoms with Crippen LogP contribution in [0.15, 0.2) is 33.7 Å². The van der Waals surface area contributed by atoms with Crippen LogP contribution >= 0.6 is 11.3 Å². The lowest BCUT2D eigenvalue weighted by Gasteiger charge is -1.99. The van der Waals surface area contributed by atoms with Gasteiger partial charge < -0.3 is 10.2 Å². The number of hydrogen-bond acceptors (Lipinski definition) is 6. The van der Waals surface area contributed by atoms with Gasteiger partial charge in [0.2, 0.25) is 5.95 Å². The molecule has 0 aliphatic heterocycles. The highest BCUT2D eigenvalue weighted by atomic mass is 32.1. The standard InChI is InChI=1S/C12H9N5O2S/c1-16-10-9(20-12(16)18)7-5-6(8-3-2-4-19-8)15-17(7)11(13)14-10/h2-5H,1H3,(H2,13,14). The Bertz CT molecular complexity index is 993. The minimum absolute atomic E-state index is 0.0826. The molecule has 4 aromatic rings. The Morgan fingerprint density at radius 3 is 3.05 bits per heavy atom. The normalized spacial score (nSPS) is 11.7. The van der Waals surface area contributed by atoms with Crippen molar-refractivity contribution >= 4 is 33.1 Å². The molecule has 0 saturated heterocycles. The third kappa shape index (κ3) is 1.36. The van der Waals surface area contributed by atoms with E-state index < -0.39 is 0 Å². The summed E-state index contributed by atoms with van der Waals surface area (Å²) in [7, 11) is 1.67. The molecule has 0 aromatic carbocycles. The van der Waals surface area contributed by atoms with E-state index in [9.17, 15) is 4.79 Å². The molecule has 0 amide bonds. The Labute approximate surface area is 115 Å². The lowest BCUT2D eigenvalue weighted by atomic mass is 10.3. The van der Waals surface area contributed by atoms with E-state index in [1.807, 2.05) is 12.1 Å². The van der Waals surface area contributed by atoms with Crippen molar-refractivity contribution in [1.82, 2.24) is 19.2 Å². The molecule has 0 saturated carbocycles. The summed E-state index contributed by atoms with van der Waals surface area (Å²) in [5, 5.41) is 4.37. The Morgan fingerprint density at radius 1 is 1.45 bits per heavy atom. The maximum absolute atomic E-state index is 11.8. The summed E-state index contributed by atoms with van der Waals surface area (Å²) < 4.78 is 9.10. The Morgan fingerprint density at radius 2 is 2.30 bits per heavy atom. The molecule has 0 radical (unpaired) electrons. The van der Waals surface area contributed by atoms with Crippen LogP contribution in [0.3, 0.4) is 0 Å². The van der Waals surface area contributed by atoms with Crippen LogP contribution in [-0.2, 0) is 7.05 Å². The number of fused-ring (bicyclic) bond motifs is 3. The quantitative estimate of drug-likeness (QED) is 0.572. The maximum atomic E-state index is 11.8. The van der Waals surface area contributed by atoms with Gasteiger partial charge in [-0.3, -0.25) is 9.36 Å². The Kier molecular flexibility index (Phi) is 2.08. The van der Waals surface area contributed by atoms with E-state index in [2.05, 4.69) is 10.1 Å². The number of furan rings is 1. The summed E-state index contributed by atoms with van der Waals surface area (Å²) in [4.78, 5) is 15.9. The van der Waals surface area contributed by atoms with Gasteiger partial charge in [-0.15, -0.1) is 0 Å². The molecule has 2 N–H and O–H groups in total. The molecule has 0 aliphatic rings. The van der Waals surface area contributed by atoms with Gasteiger partial charge in [0, 0.05) is 7.05 Å². The predicted octanol–water partition coefficient (Wildman–Crippen LogP) is 1.48. The first-order valence-electron chi connectivity index (χ1n) is 5.84. The van der Waals surface area contributed by atoms with Gasteiger partial charge in [0.05, 0.1) is 11.8 Å². The van der Waals surface area contributed by atoms with Crippen LogP contribution in [-0.4, -0.2) is 19.2 Å². The molecule has 0 bridgehead atoms. The average molecular weight is 287 g/mol. The minimum atomic E-state index is -0.0826. The van der Waals surface area contributed by atoms with Gasteiger partial charge in [-0.25, -0.2) is 0 Å². The summed E-state index contributed by atoms with van der Waals surface area (Å²) >= 11 is 1.13. The monoisotopic (exact) mass is 287 g/mol. The highest BCUT2D eigenvalue weighted by Gasteiger charge is 2.16. The van der Waals surface area contributed by atoms with Gasteiger partial charge in [0.15, 0.2) is 11.4 Å². The number of nitrogen functional groups attached to an aromatic ring is 1. The number of nitrogens with zero attached hydrogens (tertiary/aromatic N) is 4. The van der Waals surface area contributed by atoms with E-state index in [1.54, 1.807) is 19.4 Å². The van der Waals surface area contributed by atoms with E-state index in [4.69, 9.17) is 10.2 Å². The molecule has 4 aromatic heterocycles. The highest BCUT2D eigenvalue weighted by Crippen LogP contribution is 2.27. The van der Waals surface area contributed by atoms with Crippen LogP contribution in [0.25, 0.3) is 27.3 Å². The molecule has 0 aliphatic carbocycles. The first-order valence-corrected chi connectivity index (χ1v) is 6.65. The first kappa shape index (κ1) is 11.2. The van der Waals surface area contributed by atoms with Crippen molar-refractivity contribution in [2.24, 2.45) is 7.05 Å². The molecule has 4 heterocycles. The van der Waals surface area contributed by atoms with E-state index in [-0.39, 0.29) is 10.8 Å². The summed E-state index contributed by atoms with van der Waals surface area (Å²) in [5.74, 6) is 0.878. The SMILES string of the molecule is Cn1c(=O)sc2c1nc(N)n1nc(-c3ccco3)cc21. The molecule has 8 heteroatoms. The van der Waals surface area contributed by atoms with Gasteiger partial charge in [0.25, 0.3) is 0 Å². The number of aryl methyl sites for hydroxylation is 1. The molecule has 4 rings (SSSR count). The number of thiazole rings is 1. The summed E-state index contributed by atoms with van der Waals surface area (Å²) in [6, 6.07) is 5.45. The van der Waals surface area contributed by atoms with Crippen molar-refractivity contribution in [3.05, 3.63) is 34.1 Å². The zero-order valence-electron chi connectivity index (χ0n) is 10.4. The summed E-state index contributed by atoms with van der Waals surface area (Å²) in [6.07, 6.45) is 1.58. The number of rotatable bonds is 1. The van der Waals surface area contributed by atoms with E-state index >= 15 is 0 Å². The zero-order valence-corrected chi connectivity index (χ0v) is 11.2. The molecule has 0 fully saturated rings. The topological polar surface area (TPSA) is 91.3 Å². The van der Waals surface area contributed by atoms with Crippen molar-refractivity contribution < 1.29 is 4.42 Å². The van der Waals surface area contributed by atoms with Gasteiger partial charge in [-0.1, -0.05) is 11.3 Å². The van der Waals surface area contributed by atoms with Crippen molar-refractivity contribution in [2.45, 2.75) is 0 Å². The largest absolute Gasteiger partial charge is 0.463 e. The fraction of sp³-hybridized carbons (Fsp3) is 0.0833. The minimum Gasteiger partial charge on any atom is -0.463 e. The number of aromatic nitrogens is 4. The molecule has 0 spiro atoms. The number of anilines is 1. The van der Waals surface area contributed by atoms with E-state index in [0.29, 0.717) is 17.1 Å². The van der Waals surface area contributed by atoms with Crippen LogP contribution in [0.2, 0.25) is 0 Å². The fourth-order valence-electron chi connectivity index (χ4n) is 2.15.